The van der Waals surface area contributed by atoms with Crippen molar-refractivity contribution < 1.29 is 22.3 Å². The Morgan fingerprint density at radius 3 is 2.61 bits per heavy atom. The Kier molecular flexibility index (Phi) is 7.02. The second-order valence-electron chi connectivity index (χ2n) is 7.43. The molecular weight excluding hydrogens is 437 g/mol. The van der Waals surface area contributed by atoms with Crippen molar-refractivity contribution in [3.8, 4) is 5.75 Å². The van der Waals surface area contributed by atoms with Gasteiger partial charge in [0.25, 0.3) is 10.0 Å². The number of benzene rings is 2. The Balaban J connectivity index is 1.45. The zero-order valence-electron chi connectivity index (χ0n) is 16.9. The zero-order valence-corrected chi connectivity index (χ0v) is 18.6. The lowest BCUT2D eigenvalue weighted by Gasteiger charge is -2.24. The highest BCUT2D eigenvalue weighted by Gasteiger charge is 2.29. The Labute approximate surface area is 186 Å². The van der Waals surface area contributed by atoms with Crippen molar-refractivity contribution in [2.75, 3.05) is 13.2 Å². The molecule has 1 aliphatic heterocycles. The molecule has 164 valence electrons. The van der Waals surface area contributed by atoms with Crippen LogP contribution in [0.1, 0.15) is 24.0 Å². The molecule has 1 aromatic heterocycles. The Hall–Kier alpha value is -2.26. The van der Waals surface area contributed by atoms with Crippen LogP contribution in [0.15, 0.2) is 70.3 Å². The molecule has 1 unspecified atom stereocenters. The van der Waals surface area contributed by atoms with E-state index >= 15 is 0 Å². The fraction of sp³-hybridized carbons (Fsp3) is 0.304. The van der Waals surface area contributed by atoms with Gasteiger partial charge in [-0.3, -0.25) is 0 Å². The summed E-state index contributed by atoms with van der Waals surface area (Å²) in [5.41, 5.74) is 1.60. The van der Waals surface area contributed by atoms with Gasteiger partial charge in [0.2, 0.25) is 0 Å². The second kappa shape index (κ2) is 9.91. The van der Waals surface area contributed by atoms with Gasteiger partial charge in [0.1, 0.15) is 22.4 Å². The van der Waals surface area contributed by atoms with E-state index in [9.17, 15) is 12.8 Å². The van der Waals surface area contributed by atoms with E-state index < -0.39 is 10.0 Å². The monoisotopic (exact) mass is 461 g/mol. The third kappa shape index (κ3) is 5.71. The van der Waals surface area contributed by atoms with Crippen LogP contribution in [0.25, 0.3) is 0 Å². The van der Waals surface area contributed by atoms with Crippen LogP contribution in [0.3, 0.4) is 0 Å². The van der Waals surface area contributed by atoms with Gasteiger partial charge < -0.3 is 9.47 Å². The first kappa shape index (κ1) is 22.0. The van der Waals surface area contributed by atoms with Gasteiger partial charge in [-0.05, 0) is 59.7 Å². The average molecular weight is 462 g/mol. The second-order valence-corrected chi connectivity index (χ2v) is 10.5. The number of sulfonamides is 1. The molecule has 0 aliphatic carbocycles. The number of rotatable bonds is 9. The van der Waals surface area contributed by atoms with E-state index in [2.05, 4.69) is 0 Å². The Bertz CT molecular complexity index is 1080. The zero-order chi connectivity index (χ0) is 21.7. The van der Waals surface area contributed by atoms with Crippen molar-refractivity contribution in [2.45, 2.75) is 36.3 Å². The minimum absolute atomic E-state index is 0.0800. The molecule has 3 aromatic rings. The van der Waals surface area contributed by atoms with Crippen molar-refractivity contribution in [1.82, 2.24) is 4.31 Å². The smallest absolute Gasteiger partial charge is 0.252 e. The summed E-state index contributed by atoms with van der Waals surface area (Å²) in [4.78, 5) is 0. The molecule has 0 radical (unpaired) electrons. The molecule has 8 heteroatoms. The molecule has 1 aliphatic rings. The number of hydrogen-bond donors (Lipinski definition) is 0. The maximum atomic E-state index is 13.3. The molecule has 1 fully saturated rings. The topological polar surface area (TPSA) is 55.8 Å². The average Bonchev–Trinajstić information content (AvgIpc) is 3.47. The molecule has 2 aromatic carbocycles. The van der Waals surface area contributed by atoms with Gasteiger partial charge in [0, 0.05) is 19.7 Å². The summed E-state index contributed by atoms with van der Waals surface area (Å²) in [6, 6.07) is 17.0. The van der Waals surface area contributed by atoms with Gasteiger partial charge in [-0.15, -0.1) is 11.3 Å². The van der Waals surface area contributed by atoms with Crippen LogP contribution < -0.4 is 4.74 Å². The van der Waals surface area contributed by atoms with Crippen LogP contribution in [-0.2, 0) is 27.9 Å². The minimum atomic E-state index is -3.60. The summed E-state index contributed by atoms with van der Waals surface area (Å²) in [7, 11) is -3.60. The fourth-order valence-electron chi connectivity index (χ4n) is 3.49. The number of nitrogens with zero attached hydrogens (tertiary/aromatic N) is 1. The highest BCUT2D eigenvalue weighted by Crippen LogP contribution is 2.26. The van der Waals surface area contributed by atoms with E-state index in [1.807, 2.05) is 12.1 Å². The Morgan fingerprint density at radius 1 is 1.10 bits per heavy atom. The highest BCUT2D eigenvalue weighted by molar-refractivity contribution is 7.91. The van der Waals surface area contributed by atoms with E-state index in [1.165, 1.54) is 27.8 Å². The SMILES string of the molecule is O=S(=O)(c1cccs1)N(Cc1ccc(OCc2cccc(F)c2)cc1)CC1CCCO1. The summed E-state index contributed by atoms with van der Waals surface area (Å²) in [5.74, 6) is 0.342. The minimum Gasteiger partial charge on any atom is -0.489 e. The molecule has 0 spiro atoms. The van der Waals surface area contributed by atoms with Crippen molar-refractivity contribution in [3.05, 3.63) is 83.0 Å². The molecule has 1 saturated heterocycles. The van der Waals surface area contributed by atoms with Crippen molar-refractivity contribution in [3.63, 3.8) is 0 Å². The van der Waals surface area contributed by atoms with Crippen LogP contribution in [0.5, 0.6) is 5.75 Å². The number of ether oxygens (including phenoxy) is 2. The summed E-state index contributed by atoms with van der Waals surface area (Å²) >= 11 is 1.22. The molecule has 5 nitrogen and oxygen atoms in total. The summed E-state index contributed by atoms with van der Waals surface area (Å²) in [6.45, 7) is 1.52. The number of hydrogen-bond acceptors (Lipinski definition) is 5. The third-order valence-corrected chi connectivity index (χ3v) is 8.28. The summed E-state index contributed by atoms with van der Waals surface area (Å²) in [6.07, 6.45) is 1.74. The van der Waals surface area contributed by atoms with Gasteiger partial charge in [-0.25, -0.2) is 12.8 Å². The normalized spacial score (nSPS) is 16.6. The lowest BCUT2D eigenvalue weighted by Crippen LogP contribution is -2.36. The molecular formula is C23H24FNO4S2. The fourth-order valence-corrected chi connectivity index (χ4v) is 6.09. The molecule has 31 heavy (non-hydrogen) atoms. The van der Waals surface area contributed by atoms with Crippen LogP contribution in [0.2, 0.25) is 0 Å². The summed E-state index contributed by atoms with van der Waals surface area (Å²) < 4.78 is 52.9. The first-order valence-corrected chi connectivity index (χ1v) is 12.4. The Morgan fingerprint density at radius 2 is 1.94 bits per heavy atom. The lowest BCUT2D eigenvalue weighted by molar-refractivity contribution is 0.0926. The number of thiophene rings is 1. The van der Waals surface area contributed by atoms with Crippen molar-refractivity contribution in [2.24, 2.45) is 0 Å². The predicted octanol–water partition coefficient (Wildman–Crippen LogP) is 4.84. The van der Waals surface area contributed by atoms with Crippen LogP contribution in [0.4, 0.5) is 4.39 Å². The predicted molar refractivity (Wildman–Crippen MR) is 118 cm³/mol. The van der Waals surface area contributed by atoms with Gasteiger partial charge in [-0.2, -0.15) is 4.31 Å². The van der Waals surface area contributed by atoms with Gasteiger partial charge in [-0.1, -0.05) is 30.3 Å². The standard InChI is InChI=1S/C23H24FNO4S2/c24-20-5-1-4-19(14-20)17-29-21-10-8-18(9-11-21)15-25(16-22-6-2-12-28-22)31(26,27)23-7-3-13-30-23/h1,3-5,7-11,13-14,22H,2,6,12,15-17H2. The van der Waals surface area contributed by atoms with E-state index in [-0.39, 0.29) is 25.1 Å². The maximum absolute atomic E-state index is 13.3. The molecule has 4 rings (SSSR count). The maximum Gasteiger partial charge on any atom is 0.252 e. The van der Waals surface area contributed by atoms with Gasteiger partial charge in [0.15, 0.2) is 0 Å². The van der Waals surface area contributed by atoms with Crippen LogP contribution >= 0.6 is 11.3 Å². The van der Waals surface area contributed by atoms with Crippen LogP contribution in [0, 0.1) is 5.82 Å². The quantitative estimate of drug-likeness (QED) is 0.458. The first-order valence-electron chi connectivity index (χ1n) is 10.1. The highest BCUT2D eigenvalue weighted by atomic mass is 32.2. The molecule has 1 atom stereocenters. The first-order chi connectivity index (χ1) is 15.0. The summed E-state index contributed by atoms with van der Waals surface area (Å²) in [5, 5.41) is 1.77. The molecule has 0 saturated carbocycles. The molecule has 2 heterocycles. The van der Waals surface area contributed by atoms with E-state index in [1.54, 1.807) is 41.8 Å². The van der Waals surface area contributed by atoms with Crippen molar-refractivity contribution in [1.29, 1.82) is 0 Å². The van der Waals surface area contributed by atoms with E-state index in [4.69, 9.17) is 9.47 Å². The van der Waals surface area contributed by atoms with Crippen molar-refractivity contribution >= 4 is 21.4 Å². The van der Waals surface area contributed by atoms with E-state index in [0.29, 0.717) is 23.1 Å². The van der Waals surface area contributed by atoms with E-state index in [0.717, 1.165) is 24.0 Å². The third-order valence-electron chi connectivity index (χ3n) is 5.10. The lowest BCUT2D eigenvalue weighted by atomic mass is 10.2. The molecule has 0 amide bonds. The van der Waals surface area contributed by atoms with Gasteiger partial charge >= 0.3 is 0 Å². The molecule has 0 bridgehead atoms. The largest absolute Gasteiger partial charge is 0.489 e. The van der Waals surface area contributed by atoms with Gasteiger partial charge in [0.05, 0.1) is 6.10 Å². The molecule has 0 N–H and O–H groups in total. The van der Waals surface area contributed by atoms with Crippen LogP contribution in [-0.4, -0.2) is 32.0 Å². The number of halogens is 1.